The summed E-state index contributed by atoms with van der Waals surface area (Å²) in [6.07, 6.45) is 4.51. The zero-order valence-corrected chi connectivity index (χ0v) is 23.4. The lowest BCUT2D eigenvalue weighted by atomic mass is 10.1. The predicted octanol–water partition coefficient (Wildman–Crippen LogP) is 4.58. The van der Waals surface area contributed by atoms with Crippen molar-refractivity contribution in [3.05, 3.63) is 58.1 Å². The van der Waals surface area contributed by atoms with Gasteiger partial charge in [0.05, 0.1) is 35.5 Å². The van der Waals surface area contributed by atoms with Crippen LogP contribution in [0.15, 0.2) is 30.5 Å². The van der Waals surface area contributed by atoms with E-state index in [9.17, 15) is 13.2 Å². The second-order valence-electron chi connectivity index (χ2n) is 9.07. The zero-order chi connectivity index (χ0) is 27.6. The molecule has 202 valence electrons. The number of rotatable bonds is 10. The summed E-state index contributed by atoms with van der Waals surface area (Å²) in [4.78, 5) is 31.0. The van der Waals surface area contributed by atoms with E-state index in [0.29, 0.717) is 45.5 Å². The monoisotopic (exact) mass is 559 g/mol. The number of nitrogens with one attached hydrogen (secondary N) is 3. The maximum absolute atomic E-state index is 12.9. The first kappa shape index (κ1) is 27.6. The van der Waals surface area contributed by atoms with Crippen LogP contribution in [0, 0.1) is 13.8 Å². The van der Waals surface area contributed by atoms with E-state index in [1.54, 1.807) is 38.1 Å². The fourth-order valence-electron chi connectivity index (χ4n) is 3.88. The molecule has 1 aromatic carbocycles. The molecule has 0 atom stereocenters. The van der Waals surface area contributed by atoms with E-state index in [-0.39, 0.29) is 12.2 Å². The SMILES string of the molecule is CCONC(=O)c1cnc(Nc2cc(C)nc(C)n2)cc1Nc1cc(Cl)c(C2CC2)cc1N(C)S(C)(=O)=O. The fourth-order valence-corrected chi connectivity index (χ4v) is 4.71. The number of sulfonamides is 1. The van der Waals surface area contributed by atoms with Gasteiger partial charge in [-0.2, -0.15) is 0 Å². The van der Waals surface area contributed by atoms with Gasteiger partial charge in [0.15, 0.2) is 0 Å². The molecule has 3 N–H and O–H groups in total. The molecule has 1 aliphatic rings. The Balaban J connectivity index is 1.78. The van der Waals surface area contributed by atoms with Crippen molar-refractivity contribution in [2.75, 3.05) is 34.8 Å². The van der Waals surface area contributed by atoms with Crippen LogP contribution < -0.4 is 20.4 Å². The Morgan fingerprint density at radius 1 is 1.11 bits per heavy atom. The van der Waals surface area contributed by atoms with Gasteiger partial charge >= 0.3 is 0 Å². The highest BCUT2D eigenvalue weighted by Crippen LogP contribution is 2.47. The Kier molecular flexibility index (Phi) is 8.05. The normalized spacial score (nSPS) is 13.2. The largest absolute Gasteiger partial charge is 0.353 e. The molecule has 0 spiro atoms. The van der Waals surface area contributed by atoms with Gasteiger partial charge in [-0.15, -0.1) is 0 Å². The van der Waals surface area contributed by atoms with Crippen molar-refractivity contribution in [3.8, 4) is 0 Å². The van der Waals surface area contributed by atoms with Gasteiger partial charge in [-0.1, -0.05) is 11.6 Å². The minimum absolute atomic E-state index is 0.175. The van der Waals surface area contributed by atoms with Crippen molar-refractivity contribution in [1.29, 1.82) is 0 Å². The van der Waals surface area contributed by atoms with Crippen LogP contribution in [0.4, 0.5) is 28.7 Å². The minimum atomic E-state index is -3.59. The van der Waals surface area contributed by atoms with E-state index < -0.39 is 15.9 Å². The number of anilines is 5. The number of aromatic nitrogens is 3. The quantitative estimate of drug-likeness (QED) is 0.304. The van der Waals surface area contributed by atoms with Crippen molar-refractivity contribution in [2.24, 2.45) is 0 Å². The van der Waals surface area contributed by atoms with Gasteiger partial charge in [-0.3, -0.25) is 13.9 Å². The molecule has 0 unspecified atom stereocenters. The summed E-state index contributed by atoms with van der Waals surface area (Å²) in [5.74, 6) is 1.30. The van der Waals surface area contributed by atoms with Crippen molar-refractivity contribution >= 4 is 56.2 Å². The Hall–Kier alpha value is -3.48. The second kappa shape index (κ2) is 11.1. The zero-order valence-electron chi connectivity index (χ0n) is 21.8. The highest BCUT2D eigenvalue weighted by Gasteiger charge is 2.29. The standard InChI is InChI=1S/C25H30ClN7O4S/c1-6-37-32-25(34)18-13-27-23(31-24-9-14(2)28-15(3)29-24)12-20(18)30-21-11-19(26)17(16-7-8-16)10-22(21)33(4)38(5,35)36/h9-13,16H,6-8H2,1-5H3,(H,32,34)(H2,27,28,29,30,31). The van der Waals surface area contributed by atoms with E-state index in [2.05, 4.69) is 31.1 Å². The molecule has 1 aliphatic carbocycles. The van der Waals surface area contributed by atoms with Gasteiger partial charge in [-0.05, 0) is 57.2 Å². The number of hydroxylamine groups is 1. The maximum atomic E-state index is 12.9. The Morgan fingerprint density at radius 2 is 1.84 bits per heavy atom. The van der Waals surface area contributed by atoms with E-state index in [1.807, 2.05) is 6.92 Å². The molecule has 13 heteroatoms. The van der Waals surface area contributed by atoms with Gasteiger partial charge in [0, 0.05) is 36.1 Å². The highest BCUT2D eigenvalue weighted by atomic mass is 35.5. The van der Waals surface area contributed by atoms with Crippen LogP contribution in [0.2, 0.25) is 5.02 Å². The fraction of sp³-hybridized carbons (Fsp3) is 0.360. The predicted molar refractivity (Wildman–Crippen MR) is 148 cm³/mol. The average Bonchev–Trinajstić information content (AvgIpc) is 3.66. The molecule has 2 heterocycles. The van der Waals surface area contributed by atoms with Gasteiger partial charge in [0.25, 0.3) is 5.91 Å². The van der Waals surface area contributed by atoms with Gasteiger partial charge in [-0.25, -0.2) is 28.8 Å². The number of carbonyl (C=O) groups excluding carboxylic acids is 1. The lowest BCUT2D eigenvalue weighted by molar-refractivity contribution is 0.0365. The summed E-state index contributed by atoms with van der Waals surface area (Å²) in [5, 5.41) is 6.85. The minimum Gasteiger partial charge on any atom is -0.353 e. The molecule has 0 bridgehead atoms. The summed E-state index contributed by atoms with van der Waals surface area (Å²) < 4.78 is 26.1. The number of hydrogen-bond acceptors (Lipinski definition) is 9. The van der Waals surface area contributed by atoms with Crippen LogP contribution in [0.3, 0.4) is 0 Å². The topological polar surface area (TPSA) is 138 Å². The maximum Gasteiger partial charge on any atom is 0.278 e. The number of nitrogens with zero attached hydrogens (tertiary/aromatic N) is 4. The molecule has 2 aromatic heterocycles. The molecule has 0 saturated heterocycles. The third-order valence-electron chi connectivity index (χ3n) is 5.92. The van der Waals surface area contributed by atoms with Crippen molar-refractivity contribution in [3.63, 3.8) is 0 Å². The molecular formula is C25H30ClN7O4S. The van der Waals surface area contributed by atoms with Crippen LogP contribution in [0.25, 0.3) is 0 Å². The average molecular weight is 560 g/mol. The molecule has 1 saturated carbocycles. The second-order valence-corrected chi connectivity index (χ2v) is 11.5. The first-order valence-electron chi connectivity index (χ1n) is 12.0. The molecule has 0 aliphatic heterocycles. The first-order valence-corrected chi connectivity index (χ1v) is 14.2. The molecular weight excluding hydrogens is 530 g/mol. The van der Waals surface area contributed by atoms with Crippen LogP contribution >= 0.6 is 11.6 Å². The number of pyridine rings is 1. The van der Waals surface area contributed by atoms with Crippen LogP contribution in [-0.4, -0.2) is 49.2 Å². The van der Waals surface area contributed by atoms with Gasteiger partial charge in [0.1, 0.15) is 17.5 Å². The van der Waals surface area contributed by atoms with E-state index in [4.69, 9.17) is 16.4 Å². The Morgan fingerprint density at radius 3 is 2.47 bits per heavy atom. The molecule has 4 rings (SSSR count). The number of aryl methyl sites for hydroxylation is 2. The summed E-state index contributed by atoms with van der Waals surface area (Å²) in [6, 6.07) is 6.87. The summed E-state index contributed by atoms with van der Waals surface area (Å²) in [7, 11) is -2.11. The molecule has 38 heavy (non-hydrogen) atoms. The summed E-state index contributed by atoms with van der Waals surface area (Å²) in [5.41, 5.74) is 5.38. The van der Waals surface area contributed by atoms with E-state index in [0.717, 1.165) is 30.4 Å². The molecule has 3 aromatic rings. The number of carbonyl (C=O) groups is 1. The van der Waals surface area contributed by atoms with Crippen LogP contribution in [0.1, 0.15) is 53.1 Å². The lowest BCUT2D eigenvalue weighted by Gasteiger charge is -2.23. The van der Waals surface area contributed by atoms with Crippen molar-refractivity contribution in [2.45, 2.75) is 39.5 Å². The number of benzene rings is 1. The number of hydrogen-bond donors (Lipinski definition) is 3. The van der Waals surface area contributed by atoms with Gasteiger partial charge < -0.3 is 10.6 Å². The molecule has 1 fully saturated rings. The highest BCUT2D eigenvalue weighted by molar-refractivity contribution is 7.92. The Bertz CT molecular complexity index is 1460. The molecule has 11 nitrogen and oxygen atoms in total. The molecule has 0 radical (unpaired) electrons. The molecule has 1 amide bonds. The van der Waals surface area contributed by atoms with Crippen molar-refractivity contribution < 1.29 is 18.0 Å². The third kappa shape index (κ3) is 6.50. The Labute approximate surface area is 227 Å². The van der Waals surface area contributed by atoms with E-state index in [1.165, 1.54) is 17.5 Å². The summed E-state index contributed by atoms with van der Waals surface area (Å²) >= 11 is 6.61. The third-order valence-corrected chi connectivity index (χ3v) is 7.44. The number of amides is 1. The van der Waals surface area contributed by atoms with E-state index >= 15 is 0 Å². The van der Waals surface area contributed by atoms with Gasteiger partial charge in [0.2, 0.25) is 10.0 Å². The summed E-state index contributed by atoms with van der Waals surface area (Å²) in [6.45, 7) is 5.66. The lowest BCUT2D eigenvalue weighted by Crippen LogP contribution is -2.26. The number of halogens is 1. The van der Waals surface area contributed by atoms with Crippen LogP contribution in [0.5, 0.6) is 0 Å². The van der Waals surface area contributed by atoms with Crippen molar-refractivity contribution in [1.82, 2.24) is 20.4 Å². The smallest absolute Gasteiger partial charge is 0.278 e. The first-order chi connectivity index (χ1) is 18.0. The van der Waals surface area contributed by atoms with Crippen LogP contribution in [-0.2, 0) is 14.9 Å².